The Kier molecular flexibility index (Phi) is 28.0. The third kappa shape index (κ3) is 21.6. The zero-order chi connectivity index (χ0) is 87.2. The van der Waals surface area contributed by atoms with Crippen LogP contribution in [0.15, 0.2) is 91.1 Å². The van der Waals surface area contributed by atoms with Crippen molar-refractivity contribution in [1.82, 2.24) is 45.1 Å². The first-order valence-electron chi connectivity index (χ1n) is 40.3. The van der Waals surface area contributed by atoms with Crippen molar-refractivity contribution < 1.29 is 116 Å². The van der Waals surface area contributed by atoms with E-state index in [-0.39, 0.29) is 92.2 Å². The summed E-state index contributed by atoms with van der Waals surface area (Å²) in [6.45, 7) is 9.42. The second-order valence-corrected chi connectivity index (χ2v) is 36.3. The van der Waals surface area contributed by atoms with Crippen molar-refractivity contribution in [2.45, 2.75) is 186 Å². The molecule has 4 bridgehead atoms. The molecular formula is C83H104N12O24S2. The molecule has 10 atom stereocenters. The largest absolute Gasteiger partial charge is 0.479 e. The van der Waals surface area contributed by atoms with Gasteiger partial charge in [0, 0.05) is 92.5 Å². The Bertz CT molecular complexity index is 5010. The van der Waals surface area contributed by atoms with Crippen molar-refractivity contribution in [2.24, 2.45) is 22.2 Å². The Labute approximate surface area is 701 Å². The average Bonchev–Trinajstić information content (AvgIpc) is 0.931. The van der Waals surface area contributed by atoms with E-state index in [1.54, 1.807) is 32.2 Å². The lowest BCUT2D eigenvalue weighted by Crippen LogP contribution is -2.64. The number of pyridine rings is 1. The number of aromatic nitrogens is 4. The molecule has 3 unspecified atom stereocenters. The second kappa shape index (κ2) is 37.6. The molecule has 121 heavy (non-hydrogen) atoms. The number of fused-ring (bicyclic) bond motifs is 2. The molecule has 4 saturated carbocycles. The van der Waals surface area contributed by atoms with Crippen LogP contribution in [0.25, 0.3) is 21.3 Å². The monoisotopic (exact) mass is 1720 g/mol. The van der Waals surface area contributed by atoms with Crippen LogP contribution in [0.5, 0.6) is 0 Å². The summed E-state index contributed by atoms with van der Waals surface area (Å²) in [5.74, 6) is -8.52. The first-order valence-corrected chi connectivity index (χ1v) is 42.7. The van der Waals surface area contributed by atoms with Crippen molar-refractivity contribution in [3.8, 4) is 11.1 Å². The lowest BCUT2D eigenvalue weighted by atomic mass is 9.39. The minimum atomic E-state index is -4.37. The van der Waals surface area contributed by atoms with Gasteiger partial charge in [-0.1, -0.05) is 69.4 Å². The number of carbonyl (C=O) groups excluding carboxylic acids is 8. The molecule has 13 rings (SSSR count). The number of aliphatic hydroxyl groups excluding tert-OH is 5. The van der Waals surface area contributed by atoms with Crippen molar-refractivity contribution in [2.75, 3.05) is 87.0 Å². The molecule has 652 valence electrons. The summed E-state index contributed by atoms with van der Waals surface area (Å²) in [5, 5.41) is 89.8. The fourth-order valence-corrected chi connectivity index (χ4v) is 19.9. The van der Waals surface area contributed by atoms with Crippen LogP contribution in [-0.4, -0.2) is 268 Å². The molecule has 7 aliphatic rings. The zero-order valence-corrected chi connectivity index (χ0v) is 69.7. The number of hydrogen-bond acceptors (Lipinski definition) is 26. The fraction of sp³-hybridized carbons (Fsp3) is 0.530. The number of aromatic carboxylic acids is 1. The second-order valence-electron chi connectivity index (χ2n) is 33.7. The number of amides is 8. The lowest BCUT2D eigenvalue weighted by molar-refractivity contribution is -0.248. The zero-order valence-electron chi connectivity index (χ0n) is 68.0. The highest BCUT2D eigenvalue weighted by Gasteiger charge is 2.66. The SMILES string of the molecule is Cc1c(-c2ccc(N3CCc4cccc(C(=O)Nc5nc6ccccc6s5)c4C3)nc2C(=O)O)cnn1CC12CC3(C)CC(C)(C1)CC(OCCN(CCC(O)CO)C(=O)OCc1ccc(NC(=O)[C@H](C)NC(=O)[C@@H](NC(=O)CCN(CCOCCS(=O)(=O)O)C(=O)CN4C(=O)C=CC4=O)C(C)C)cc1CC[C@@H]1O[C@H](C(=O)O)[C@@H](O)[C@H](O)[C@H]1O)(C3)C2. The van der Waals surface area contributed by atoms with Crippen LogP contribution in [0.3, 0.4) is 0 Å². The van der Waals surface area contributed by atoms with E-state index in [9.17, 15) is 92.1 Å². The van der Waals surface area contributed by atoms with Crippen LogP contribution in [0.2, 0.25) is 0 Å². The number of ether oxygens (including phenoxy) is 4. The number of benzene rings is 3. The van der Waals surface area contributed by atoms with Crippen LogP contribution >= 0.6 is 11.3 Å². The predicted octanol–water partition coefficient (Wildman–Crippen LogP) is 4.39. The van der Waals surface area contributed by atoms with E-state index in [0.29, 0.717) is 76.1 Å². The normalized spacial score (nSPS) is 23.7. The molecule has 38 heteroatoms. The van der Waals surface area contributed by atoms with Gasteiger partial charge in [-0.05, 0) is 165 Å². The number of carboxylic acid groups (broad SMARTS) is 2. The van der Waals surface area contributed by atoms with Crippen LogP contribution in [0.4, 0.5) is 21.4 Å². The highest BCUT2D eigenvalue weighted by molar-refractivity contribution is 7.85. The number of imide groups is 1. The van der Waals surface area contributed by atoms with Crippen molar-refractivity contribution >= 4 is 108 Å². The summed E-state index contributed by atoms with van der Waals surface area (Å²) >= 11 is 1.39. The minimum absolute atomic E-state index is 0.0150. The van der Waals surface area contributed by atoms with E-state index in [1.165, 1.54) is 41.4 Å². The van der Waals surface area contributed by atoms with Crippen molar-refractivity contribution in [3.05, 3.63) is 130 Å². The van der Waals surface area contributed by atoms with E-state index in [1.807, 2.05) is 59.0 Å². The summed E-state index contributed by atoms with van der Waals surface area (Å²) in [6, 6.07) is 18.8. The Morgan fingerprint density at radius 2 is 1.50 bits per heavy atom. The van der Waals surface area contributed by atoms with Crippen LogP contribution in [0.1, 0.15) is 141 Å². The molecule has 4 aliphatic carbocycles. The molecule has 3 aliphatic heterocycles. The summed E-state index contributed by atoms with van der Waals surface area (Å²) in [6.07, 6.45) is -2.66. The van der Waals surface area contributed by atoms with Gasteiger partial charge in [-0.2, -0.15) is 13.5 Å². The number of carboxylic acids is 2. The number of hydrogen-bond donors (Lipinski definition) is 12. The lowest BCUT2D eigenvalue weighted by Gasteiger charge is -2.69. The number of para-hydroxylation sites is 1. The van der Waals surface area contributed by atoms with Gasteiger partial charge in [0.05, 0.1) is 66.4 Å². The maximum Gasteiger partial charge on any atom is 0.410 e. The third-order valence-electron chi connectivity index (χ3n) is 23.6. The first kappa shape index (κ1) is 90.0. The van der Waals surface area contributed by atoms with Crippen molar-refractivity contribution in [1.29, 1.82) is 0 Å². The van der Waals surface area contributed by atoms with Crippen LogP contribution in [-0.2, 0) is 95.2 Å². The van der Waals surface area contributed by atoms with Gasteiger partial charge in [0.15, 0.2) is 16.9 Å². The number of aryl methyl sites for hydroxylation is 1. The van der Waals surface area contributed by atoms with Gasteiger partial charge in [-0.3, -0.25) is 53.0 Å². The van der Waals surface area contributed by atoms with Gasteiger partial charge in [0.1, 0.15) is 49.4 Å². The Morgan fingerprint density at radius 3 is 2.20 bits per heavy atom. The highest BCUT2D eigenvalue weighted by atomic mass is 32.2. The number of aliphatic hydroxyl groups is 5. The molecule has 1 saturated heterocycles. The number of rotatable bonds is 38. The molecule has 0 radical (unpaired) electrons. The quantitative estimate of drug-likeness (QED) is 0.0145. The molecule has 6 aromatic rings. The smallest absolute Gasteiger partial charge is 0.410 e. The first-order chi connectivity index (χ1) is 57.3. The number of carbonyl (C=O) groups is 10. The molecular weight excluding hydrogens is 1610 g/mol. The maximum atomic E-state index is 14.5. The molecule has 0 spiro atoms. The van der Waals surface area contributed by atoms with Gasteiger partial charge in [-0.15, -0.1) is 0 Å². The van der Waals surface area contributed by atoms with Crippen LogP contribution in [0, 0.1) is 29.1 Å². The summed E-state index contributed by atoms with van der Waals surface area (Å²) < 4.78 is 58.4. The molecule has 36 nitrogen and oxygen atoms in total. The molecule has 6 heterocycles. The molecule has 3 aromatic carbocycles. The fourth-order valence-electron chi connectivity index (χ4n) is 18.7. The van der Waals surface area contributed by atoms with E-state index < -0.39 is 162 Å². The molecule has 12 N–H and O–H groups in total. The number of nitrogens with zero attached hydrogens (tertiary/aromatic N) is 8. The van der Waals surface area contributed by atoms with Gasteiger partial charge in [0.2, 0.25) is 23.6 Å². The predicted molar refractivity (Wildman–Crippen MR) is 437 cm³/mol. The molecule has 8 amide bonds. The van der Waals surface area contributed by atoms with Gasteiger partial charge in [-0.25, -0.2) is 24.4 Å². The van der Waals surface area contributed by atoms with E-state index in [2.05, 4.69) is 40.1 Å². The summed E-state index contributed by atoms with van der Waals surface area (Å²) in [7, 11) is -4.37. The van der Waals surface area contributed by atoms with Crippen molar-refractivity contribution in [3.63, 3.8) is 0 Å². The van der Waals surface area contributed by atoms with E-state index in [0.717, 1.165) is 76.2 Å². The average molecular weight is 1720 g/mol. The maximum absolute atomic E-state index is 14.5. The molecule has 3 aromatic heterocycles. The summed E-state index contributed by atoms with van der Waals surface area (Å²) in [5.41, 5.74) is 4.27. The number of aliphatic carboxylic acids is 1. The molecule has 5 fully saturated rings. The number of anilines is 3. The Balaban J connectivity index is 0.696. The third-order valence-corrected chi connectivity index (χ3v) is 25.2. The van der Waals surface area contributed by atoms with Gasteiger partial charge in [0.25, 0.3) is 27.8 Å². The highest BCUT2D eigenvalue weighted by Crippen LogP contribution is 2.72. The minimum Gasteiger partial charge on any atom is -0.479 e. The van der Waals surface area contributed by atoms with Gasteiger partial charge < -0.3 is 85.3 Å². The Morgan fingerprint density at radius 1 is 0.777 bits per heavy atom. The number of thiazole rings is 1. The standard InChI is InChI=1S/C83H104N12O24S2/c1-47(2)67(89-63(98)24-27-91(28-30-116-32-33-121(113,114)115)66(101)37-94-64(99)20-21-65(94)100)75(107)85-48(3)73(105)86-53-16-14-52(51(34-53)15-18-60-69(102)70(103)71(104)72(119-60)77(110)111)39-117-79(112)92(26-23-54(97)38-96)29-31-118-83-43-80(5)40-81(6,44-83)42-82(41-80,45-83)46-95-49(4)57(35-84-95)55-17-19-62(88-68(55)76(108)109)93-25-22-50-10-9-11-56(58(50)36-93)74(106)90-78-87-59-12-7-8-13-61(59)120-78/h7-14,16-17,19-21,34-35,47-48,54,60,67,69-72,96-97,102-104H,15,18,22-33,36-46H2,1-6H3,(H,85,107)(H,86,105)(H,89,98)(H,108,109)(H,110,111)(H,87,90,106)(H,113,114,115)/t48-,54?,60-,67-,69-,70+,71-,72-,80?,81?,82?,83?/m0/s1. The van der Waals surface area contributed by atoms with Gasteiger partial charge >= 0.3 is 18.0 Å². The Hall–Kier alpha value is -10.3. The van der Waals surface area contributed by atoms with E-state index in [4.69, 9.17) is 33.6 Å². The van der Waals surface area contributed by atoms with Crippen LogP contribution < -0.4 is 26.2 Å². The number of nitrogens with one attached hydrogen (secondary N) is 4. The summed E-state index contributed by atoms with van der Waals surface area (Å²) in [4.78, 5) is 148. The van der Waals surface area contributed by atoms with E-state index >= 15 is 0 Å². The topological polar surface area (TPSA) is 508 Å².